The van der Waals surface area contributed by atoms with Gasteiger partial charge in [-0.1, -0.05) is 12.1 Å². The van der Waals surface area contributed by atoms with Crippen molar-refractivity contribution in [3.05, 3.63) is 46.2 Å². The van der Waals surface area contributed by atoms with Crippen molar-refractivity contribution in [2.75, 3.05) is 27.3 Å². The van der Waals surface area contributed by atoms with Gasteiger partial charge in [-0.2, -0.15) is 0 Å². The number of nitrogens with one attached hydrogen (secondary N) is 1. The average molecular weight is 388 g/mol. The van der Waals surface area contributed by atoms with Gasteiger partial charge in [0.1, 0.15) is 0 Å². The predicted molar refractivity (Wildman–Crippen MR) is 104 cm³/mol. The Morgan fingerprint density at radius 1 is 1.26 bits per heavy atom. The second kappa shape index (κ2) is 8.90. The van der Waals surface area contributed by atoms with Crippen molar-refractivity contribution in [3.63, 3.8) is 0 Å². The number of carbonyl (C=O) groups is 2. The van der Waals surface area contributed by atoms with Gasteiger partial charge in [-0.05, 0) is 35.6 Å². The normalized spacial score (nSPS) is 16.4. The van der Waals surface area contributed by atoms with Crippen molar-refractivity contribution in [3.8, 4) is 11.5 Å². The van der Waals surface area contributed by atoms with E-state index in [1.54, 1.807) is 30.5 Å². The molecule has 1 aliphatic rings. The van der Waals surface area contributed by atoms with Gasteiger partial charge in [-0.25, -0.2) is 0 Å². The highest BCUT2D eigenvalue weighted by atomic mass is 32.1. The van der Waals surface area contributed by atoms with Crippen LogP contribution in [0.4, 0.5) is 0 Å². The number of hydrogen-bond acceptors (Lipinski definition) is 5. The number of amides is 2. The molecule has 1 aliphatic heterocycles. The molecule has 0 spiro atoms. The molecule has 27 heavy (non-hydrogen) atoms. The van der Waals surface area contributed by atoms with Crippen molar-refractivity contribution in [2.24, 2.45) is 5.92 Å². The molecule has 2 heterocycles. The molecule has 1 N–H and O–H groups in total. The van der Waals surface area contributed by atoms with E-state index in [0.717, 1.165) is 10.4 Å². The van der Waals surface area contributed by atoms with Crippen molar-refractivity contribution in [2.45, 2.75) is 19.4 Å². The summed E-state index contributed by atoms with van der Waals surface area (Å²) in [7, 11) is 3.20. The molecule has 1 fully saturated rings. The second-order valence-electron chi connectivity index (χ2n) is 6.48. The number of benzene rings is 1. The maximum absolute atomic E-state index is 12.3. The lowest BCUT2D eigenvalue weighted by Gasteiger charge is -2.17. The Kier molecular flexibility index (Phi) is 6.34. The minimum absolute atomic E-state index is 0.0340. The standard InChI is InChI=1S/C20H24N2O4S/c1-25-17-6-5-14(10-18(17)26-2)7-8-22-13-15(11-19(22)23)20(24)21-12-16-4-3-9-27-16/h3-6,9-10,15H,7-8,11-13H2,1-2H3,(H,21,24). The van der Waals surface area contributed by atoms with E-state index in [9.17, 15) is 9.59 Å². The molecular formula is C20H24N2O4S. The zero-order chi connectivity index (χ0) is 19.2. The minimum atomic E-state index is -0.275. The molecular weight excluding hydrogens is 364 g/mol. The van der Waals surface area contributed by atoms with Crippen molar-refractivity contribution in [1.29, 1.82) is 0 Å². The summed E-state index contributed by atoms with van der Waals surface area (Å²) >= 11 is 1.61. The Morgan fingerprint density at radius 3 is 2.78 bits per heavy atom. The fraction of sp³-hybridized carbons (Fsp3) is 0.400. The topological polar surface area (TPSA) is 67.9 Å². The number of ether oxygens (including phenoxy) is 2. The van der Waals surface area contributed by atoms with Gasteiger partial charge in [0.25, 0.3) is 0 Å². The van der Waals surface area contributed by atoms with E-state index >= 15 is 0 Å². The summed E-state index contributed by atoms with van der Waals surface area (Å²) in [6.45, 7) is 1.58. The third-order valence-corrected chi connectivity index (χ3v) is 5.60. The summed E-state index contributed by atoms with van der Waals surface area (Å²) in [5.41, 5.74) is 1.06. The molecule has 1 aromatic heterocycles. The van der Waals surface area contributed by atoms with E-state index in [1.165, 1.54) is 0 Å². The van der Waals surface area contributed by atoms with Gasteiger partial charge in [0.05, 0.1) is 26.7 Å². The minimum Gasteiger partial charge on any atom is -0.493 e. The largest absolute Gasteiger partial charge is 0.493 e. The first-order valence-electron chi connectivity index (χ1n) is 8.89. The van der Waals surface area contributed by atoms with Crippen LogP contribution in [0.15, 0.2) is 35.7 Å². The molecule has 1 saturated heterocycles. The number of nitrogens with zero attached hydrogens (tertiary/aromatic N) is 1. The van der Waals surface area contributed by atoms with Gasteiger partial charge < -0.3 is 19.7 Å². The molecule has 0 radical (unpaired) electrons. The molecule has 144 valence electrons. The first kappa shape index (κ1) is 19.2. The first-order chi connectivity index (χ1) is 13.1. The average Bonchev–Trinajstić information content (AvgIpc) is 3.33. The zero-order valence-corrected chi connectivity index (χ0v) is 16.4. The molecule has 1 atom stereocenters. The highest BCUT2D eigenvalue weighted by Crippen LogP contribution is 2.28. The molecule has 0 aliphatic carbocycles. The van der Waals surface area contributed by atoms with Crippen molar-refractivity contribution < 1.29 is 19.1 Å². The van der Waals surface area contributed by atoms with E-state index in [1.807, 2.05) is 35.7 Å². The smallest absolute Gasteiger partial charge is 0.225 e. The van der Waals surface area contributed by atoms with Gasteiger partial charge in [-0.15, -0.1) is 11.3 Å². The summed E-state index contributed by atoms with van der Waals surface area (Å²) < 4.78 is 10.6. The molecule has 0 saturated carbocycles. The zero-order valence-electron chi connectivity index (χ0n) is 15.6. The number of carbonyl (C=O) groups excluding carboxylic acids is 2. The third kappa shape index (κ3) is 4.80. The molecule has 7 heteroatoms. The Morgan fingerprint density at radius 2 is 2.07 bits per heavy atom. The van der Waals surface area contributed by atoms with Gasteiger partial charge in [0.15, 0.2) is 11.5 Å². The second-order valence-corrected chi connectivity index (χ2v) is 7.51. The SMILES string of the molecule is COc1ccc(CCN2CC(C(=O)NCc3cccs3)CC2=O)cc1OC. The predicted octanol–water partition coefficient (Wildman–Crippen LogP) is 2.47. The number of thiophene rings is 1. The Labute approximate surface area is 163 Å². The Bertz CT molecular complexity index is 791. The van der Waals surface area contributed by atoms with Gasteiger partial charge >= 0.3 is 0 Å². The highest BCUT2D eigenvalue weighted by Gasteiger charge is 2.33. The van der Waals surface area contributed by atoms with Crippen molar-refractivity contribution in [1.82, 2.24) is 10.2 Å². The van der Waals surface area contributed by atoms with E-state index in [4.69, 9.17) is 9.47 Å². The van der Waals surface area contributed by atoms with Crippen LogP contribution in [0, 0.1) is 5.92 Å². The molecule has 2 amide bonds. The number of likely N-dealkylation sites (tertiary alicyclic amines) is 1. The summed E-state index contributed by atoms with van der Waals surface area (Å²) in [4.78, 5) is 27.5. The summed E-state index contributed by atoms with van der Waals surface area (Å²) in [5.74, 6) is 1.06. The van der Waals surface area contributed by atoms with Crippen LogP contribution in [0.1, 0.15) is 16.9 Å². The van der Waals surface area contributed by atoms with Crippen LogP contribution in [-0.4, -0.2) is 44.0 Å². The van der Waals surface area contributed by atoms with Gasteiger partial charge in [0, 0.05) is 24.4 Å². The third-order valence-electron chi connectivity index (χ3n) is 4.72. The Hall–Kier alpha value is -2.54. The monoisotopic (exact) mass is 388 g/mol. The lowest BCUT2D eigenvalue weighted by atomic mass is 10.1. The fourth-order valence-corrected chi connectivity index (χ4v) is 3.84. The van der Waals surface area contributed by atoms with E-state index < -0.39 is 0 Å². The molecule has 1 aromatic carbocycles. The summed E-state index contributed by atoms with van der Waals surface area (Å²) in [6.07, 6.45) is 0.984. The van der Waals surface area contributed by atoms with Crippen molar-refractivity contribution >= 4 is 23.2 Å². The first-order valence-corrected chi connectivity index (χ1v) is 9.77. The maximum Gasteiger partial charge on any atom is 0.225 e. The van der Waals surface area contributed by atoms with Crippen LogP contribution >= 0.6 is 11.3 Å². The highest BCUT2D eigenvalue weighted by molar-refractivity contribution is 7.09. The van der Waals surface area contributed by atoms with E-state index in [2.05, 4.69) is 5.32 Å². The lowest BCUT2D eigenvalue weighted by Crippen LogP contribution is -2.33. The van der Waals surface area contributed by atoms with Crippen LogP contribution in [0.3, 0.4) is 0 Å². The van der Waals surface area contributed by atoms with Crippen LogP contribution < -0.4 is 14.8 Å². The van der Waals surface area contributed by atoms with E-state index in [-0.39, 0.29) is 24.2 Å². The Balaban J connectivity index is 1.51. The molecule has 0 bridgehead atoms. The van der Waals surface area contributed by atoms with Crippen LogP contribution in [0.5, 0.6) is 11.5 Å². The maximum atomic E-state index is 12.3. The number of hydrogen-bond donors (Lipinski definition) is 1. The number of rotatable bonds is 8. The van der Waals surface area contributed by atoms with Crippen LogP contribution in [0.2, 0.25) is 0 Å². The van der Waals surface area contributed by atoms with Crippen LogP contribution in [-0.2, 0) is 22.6 Å². The van der Waals surface area contributed by atoms with Gasteiger partial charge in [-0.3, -0.25) is 9.59 Å². The lowest BCUT2D eigenvalue weighted by molar-refractivity contribution is -0.129. The van der Waals surface area contributed by atoms with Gasteiger partial charge in [0.2, 0.25) is 11.8 Å². The quantitative estimate of drug-likeness (QED) is 0.754. The van der Waals surface area contributed by atoms with E-state index in [0.29, 0.717) is 37.6 Å². The molecule has 1 unspecified atom stereocenters. The molecule has 3 rings (SSSR count). The number of methoxy groups -OCH3 is 2. The summed E-state index contributed by atoms with van der Waals surface area (Å²) in [5, 5.41) is 4.91. The van der Waals surface area contributed by atoms with Crippen LogP contribution in [0.25, 0.3) is 0 Å². The fourth-order valence-electron chi connectivity index (χ4n) is 3.20. The molecule has 2 aromatic rings. The summed E-state index contributed by atoms with van der Waals surface area (Å²) in [6, 6.07) is 9.69. The molecule has 6 nitrogen and oxygen atoms in total.